The van der Waals surface area contributed by atoms with Gasteiger partial charge in [-0.05, 0) is 35.2 Å². The molecule has 1 fully saturated rings. The zero-order valence-electron chi connectivity index (χ0n) is 23.0. The summed E-state index contributed by atoms with van der Waals surface area (Å²) >= 11 is 0. The van der Waals surface area contributed by atoms with Crippen LogP contribution in [-0.4, -0.2) is 72.2 Å². The number of benzene rings is 2. The summed E-state index contributed by atoms with van der Waals surface area (Å²) in [4.78, 5) is 12.5. The maximum atomic E-state index is 11.0. The molecule has 1 saturated heterocycles. The molecule has 0 aliphatic carbocycles. The number of carbonyl (C=O) groups excluding carboxylic acids is 1. The normalized spacial score (nSPS) is 13.8. The molecule has 2 N–H and O–H groups in total. The Hall–Kier alpha value is -1.32. The third-order valence-corrected chi connectivity index (χ3v) is 4.64. The molecule has 1 aliphatic rings. The second-order valence-electron chi connectivity index (χ2n) is 7.34. The number of ether oxygens (including phenoxy) is 2. The van der Waals surface area contributed by atoms with Crippen LogP contribution < -0.4 is 66.3 Å². The minimum atomic E-state index is -0.308. The fraction of sp³-hybridized carbons (Fsp3) is 0.481. The van der Waals surface area contributed by atoms with Crippen LogP contribution in [0.3, 0.4) is 0 Å². The predicted molar refractivity (Wildman–Crippen MR) is 143 cm³/mol. The van der Waals surface area contributed by atoms with Crippen molar-refractivity contribution in [2.45, 2.75) is 32.8 Å². The number of amides is 1. The van der Waals surface area contributed by atoms with Gasteiger partial charge >= 0.3 is 51.4 Å². The van der Waals surface area contributed by atoms with Crippen molar-refractivity contribution >= 4 is 12.1 Å². The standard InChI is InChI=1S/C18H18N2O2.C5H11NO2.C2H6N.C2H6.K/c1-20(13-21)17-12-16(9-10-18(17)22-2)15-7-5-14(6-8-15)4-3-11-19;7-5-3-6-1-2-8-4-5;1-3-2;1-2;/h5-10,12-13H,3-4H2,1-2H3;5-7H,1-4H2;1-2H3;1-2H3;/q;;-1;;+1. The largest absolute Gasteiger partial charge is 1.00 e. The Bertz CT molecular complexity index is 852. The van der Waals surface area contributed by atoms with Crippen molar-refractivity contribution in [3.05, 3.63) is 53.3 Å². The number of nitrogens with one attached hydrogen (secondary N) is 1. The molecule has 194 valence electrons. The van der Waals surface area contributed by atoms with Gasteiger partial charge in [0.2, 0.25) is 6.41 Å². The molecule has 8 nitrogen and oxygen atoms in total. The van der Waals surface area contributed by atoms with E-state index < -0.39 is 0 Å². The van der Waals surface area contributed by atoms with Crippen molar-refractivity contribution in [2.24, 2.45) is 0 Å². The molecule has 0 spiro atoms. The van der Waals surface area contributed by atoms with Gasteiger partial charge < -0.3 is 30.1 Å². The molecule has 0 radical (unpaired) electrons. The summed E-state index contributed by atoms with van der Waals surface area (Å²) in [5.41, 5.74) is 3.94. The van der Waals surface area contributed by atoms with E-state index in [-0.39, 0.29) is 57.5 Å². The number of aryl methyl sites for hydroxylation is 1. The topological polar surface area (TPSA) is 109 Å². The van der Waals surface area contributed by atoms with E-state index in [1.807, 2.05) is 56.3 Å². The van der Waals surface area contributed by atoms with E-state index in [9.17, 15) is 4.79 Å². The number of methoxy groups -OCH3 is 1. The van der Waals surface area contributed by atoms with Crippen LogP contribution >= 0.6 is 0 Å². The molecule has 1 unspecified atom stereocenters. The van der Waals surface area contributed by atoms with E-state index in [1.54, 1.807) is 28.3 Å². The van der Waals surface area contributed by atoms with Crippen LogP contribution in [0, 0.1) is 11.3 Å². The Balaban J connectivity index is 0. The quantitative estimate of drug-likeness (QED) is 0.432. The van der Waals surface area contributed by atoms with Crippen LogP contribution in [-0.2, 0) is 16.0 Å². The molecule has 0 aromatic heterocycles. The predicted octanol–water partition coefficient (Wildman–Crippen LogP) is 1.03. The van der Waals surface area contributed by atoms with Gasteiger partial charge in [0, 0.05) is 26.6 Å². The minimum absolute atomic E-state index is 0. The maximum absolute atomic E-state index is 11.0. The Labute approximate surface area is 259 Å². The molecule has 3 rings (SSSR count). The van der Waals surface area contributed by atoms with Gasteiger partial charge in [-0.15, -0.1) is 0 Å². The molecule has 0 bridgehead atoms. The molecule has 9 heteroatoms. The summed E-state index contributed by atoms with van der Waals surface area (Å²) in [6, 6.07) is 16.0. The summed E-state index contributed by atoms with van der Waals surface area (Å²) in [6.07, 6.45) is 1.74. The first kappa shape index (κ1) is 36.8. The van der Waals surface area contributed by atoms with Crippen molar-refractivity contribution in [2.75, 3.05) is 59.5 Å². The molecule has 2 aromatic carbocycles. The van der Waals surface area contributed by atoms with Crippen molar-refractivity contribution in [1.82, 2.24) is 5.32 Å². The van der Waals surface area contributed by atoms with Gasteiger partial charge in [0.05, 0.1) is 38.2 Å². The van der Waals surface area contributed by atoms with Crippen LogP contribution in [0.1, 0.15) is 25.8 Å². The van der Waals surface area contributed by atoms with Gasteiger partial charge in [-0.2, -0.15) is 19.4 Å². The van der Waals surface area contributed by atoms with Crippen molar-refractivity contribution in [1.29, 1.82) is 5.26 Å². The third-order valence-electron chi connectivity index (χ3n) is 4.64. The molecule has 1 atom stereocenters. The summed E-state index contributed by atoms with van der Waals surface area (Å²) in [6.45, 7) is 6.72. The zero-order chi connectivity index (χ0) is 26.5. The average Bonchev–Trinajstić information content (AvgIpc) is 3.16. The van der Waals surface area contributed by atoms with Crippen molar-refractivity contribution < 1.29 is 70.8 Å². The van der Waals surface area contributed by atoms with Gasteiger partial charge in [0.25, 0.3) is 0 Å². The number of nitrogens with zero attached hydrogens (tertiary/aromatic N) is 3. The molecule has 1 aliphatic heterocycles. The van der Waals surface area contributed by atoms with E-state index in [1.165, 1.54) is 4.90 Å². The Kier molecular flexibility index (Phi) is 24.6. The van der Waals surface area contributed by atoms with E-state index in [4.69, 9.17) is 19.8 Å². The Morgan fingerprint density at radius 3 is 2.39 bits per heavy atom. The zero-order valence-corrected chi connectivity index (χ0v) is 26.1. The van der Waals surface area contributed by atoms with Crippen molar-refractivity contribution in [3.8, 4) is 22.9 Å². The van der Waals surface area contributed by atoms with Gasteiger partial charge in [-0.3, -0.25) is 4.79 Å². The number of rotatable bonds is 6. The van der Waals surface area contributed by atoms with E-state index in [0.717, 1.165) is 48.4 Å². The van der Waals surface area contributed by atoms with Crippen LogP contribution in [0.25, 0.3) is 16.4 Å². The van der Waals surface area contributed by atoms with Crippen LogP contribution in [0.5, 0.6) is 5.75 Å². The van der Waals surface area contributed by atoms with E-state index in [0.29, 0.717) is 25.3 Å². The molecule has 0 saturated carbocycles. The van der Waals surface area contributed by atoms with Crippen molar-refractivity contribution in [3.63, 3.8) is 0 Å². The minimum Gasteiger partial charge on any atom is -0.668 e. The molecule has 2 aromatic rings. The second kappa shape index (κ2) is 24.0. The smallest absolute Gasteiger partial charge is 0.668 e. The van der Waals surface area contributed by atoms with Gasteiger partial charge in [-0.1, -0.05) is 44.2 Å². The maximum Gasteiger partial charge on any atom is 1.00 e. The molecular formula is C27H41KN4O4. The number of hydrogen-bond donors (Lipinski definition) is 2. The van der Waals surface area contributed by atoms with E-state index in [2.05, 4.69) is 16.7 Å². The van der Waals surface area contributed by atoms with Crippen LogP contribution in [0.4, 0.5) is 5.69 Å². The number of nitriles is 1. The van der Waals surface area contributed by atoms with Crippen LogP contribution in [0.2, 0.25) is 0 Å². The van der Waals surface area contributed by atoms with Gasteiger partial charge in [-0.25, -0.2) is 0 Å². The molecule has 1 amide bonds. The second-order valence-corrected chi connectivity index (χ2v) is 7.34. The summed E-state index contributed by atoms with van der Waals surface area (Å²) in [5, 5.41) is 24.0. The average molecular weight is 525 g/mol. The van der Waals surface area contributed by atoms with Gasteiger partial charge in [0.1, 0.15) is 5.75 Å². The third kappa shape index (κ3) is 15.0. The van der Waals surface area contributed by atoms with Gasteiger partial charge in [0.15, 0.2) is 0 Å². The number of anilines is 1. The number of aliphatic hydroxyl groups excluding tert-OH is 1. The summed E-state index contributed by atoms with van der Waals surface area (Å²) in [7, 11) is 6.78. The summed E-state index contributed by atoms with van der Waals surface area (Å²) in [5.74, 6) is 0.656. The van der Waals surface area contributed by atoms with Crippen LogP contribution in [0.15, 0.2) is 42.5 Å². The molecule has 1 heterocycles. The number of carbonyl (C=O) groups is 1. The SMILES string of the molecule is CC.COc1ccc(-c2ccc(CCC#N)cc2)cc1N(C)C=O.C[N-]C.OC1CNCCOC1.[K+]. The molecule has 36 heavy (non-hydrogen) atoms. The summed E-state index contributed by atoms with van der Waals surface area (Å²) < 4.78 is 10.3. The number of aliphatic hydroxyl groups is 1. The fourth-order valence-corrected chi connectivity index (χ4v) is 2.96. The first-order valence-electron chi connectivity index (χ1n) is 11.8. The fourth-order valence-electron chi connectivity index (χ4n) is 2.96. The Morgan fingerprint density at radius 1 is 1.22 bits per heavy atom. The first-order chi connectivity index (χ1) is 17.0. The number of β-amino-alcohol motifs (C(OH)–C–C–N with tert-alkyl or cyclic N) is 1. The Morgan fingerprint density at radius 2 is 1.83 bits per heavy atom. The van der Waals surface area contributed by atoms with E-state index >= 15 is 0 Å². The monoisotopic (exact) mass is 524 g/mol. The number of hydrogen-bond acceptors (Lipinski definition) is 6. The molecular weight excluding hydrogens is 483 g/mol. The first-order valence-corrected chi connectivity index (χ1v) is 11.8.